The molecule has 0 aromatic heterocycles. The van der Waals surface area contributed by atoms with Gasteiger partial charge in [0.05, 0.1) is 10.0 Å². The average Bonchev–Trinajstić information content (AvgIpc) is 2.49. The molecule has 2 nitrogen and oxygen atoms in total. The smallest absolute Gasteiger partial charge is 0.230 e. The normalized spacial score (nSPS) is 12.8. The van der Waals surface area contributed by atoms with E-state index in [9.17, 15) is 4.79 Å². The molecule has 0 fully saturated rings. The van der Waals surface area contributed by atoms with E-state index >= 15 is 0 Å². The van der Waals surface area contributed by atoms with Crippen molar-refractivity contribution in [3.63, 3.8) is 0 Å². The van der Waals surface area contributed by atoms with E-state index in [4.69, 9.17) is 39.5 Å². The van der Waals surface area contributed by atoms with Crippen molar-refractivity contribution in [2.45, 2.75) is 26.3 Å². The van der Waals surface area contributed by atoms with Crippen LogP contribution < -0.4 is 4.74 Å². The summed E-state index contributed by atoms with van der Waals surface area (Å²) >= 11 is 18.6. The molecule has 0 spiro atoms. The second-order valence-corrected chi connectivity index (χ2v) is 7.39. The maximum atomic E-state index is 12.1. The number of hydrogen-bond donors (Lipinski definition) is 0. The Kier molecular flexibility index (Phi) is 5.61. The Hall–Kier alpha value is -1.22. The molecule has 0 saturated carbocycles. The van der Waals surface area contributed by atoms with Crippen LogP contribution in [0.3, 0.4) is 0 Å². The predicted octanol–water partition coefficient (Wildman–Crippen LogP) is 6.22. The Bertz CT molecular complexity index is 683. The molecular weight excluding hydrogens is 355 g/mol. The van der Waals surface area contributed by atoms with Gasteiger partial charge in [0, 0.05) is 5.41 Å². The Morgan fingerprint density at radius 3 is 2.00 bits per heavy atom. The largest absolute Gasteiger partial charge is 0.464 e. The Morgan fingerprint density at radius 2 is 1.52 bits per heavy atom. The summed E-state index contributed by atoms with van der Waals surface area (Å²) in [6.45, 7) is 5.32. The van der Waals surface area contributed by atoms with E-state index in [1.807, 2.05) is 30.3 Å². The highest BCUT2D eigenvalue weighted by Gasteiger charge is 2.30. The molecule has 0 heterocycles. The van der Waals surface area contributed by atoms with Crippen molar-refractivity contribution in [3.8, 4) is 16.9 Å². The van der Waals surface area contributed by atoms with E-state index in [-0.39, 0.29) is 11.5 Å². The van der Waals surface area contributed by atoms with E-state index < -0.39 is 11.0 Å². The molecule has 0 aliphatic rings. The van der Waals surface area contributed by atoms with Gasteiger partial charge >= 0.3 is 0 Å². The summed E-state index contributed by atoms with van der Waals surface area (Å²) < 4.78 is 5.51. The van der Waals surface area contributed by atoms with Gasteiger partial charge in [-0.3, -0.25) is 4.79 Å². The quantitative estimate of drug-likeness (QED) is 0.596. The van der Waals surface area contributed by atoms with E-state index in [2.05, 4.69) is 0 Å². The van der Waals surface area contributed by atoms with Crippen LogP contribution in [0.25, 0.3) is 11.1 Å². The van der Waals surface area contributed by atoms with Crippen LogP contribution in [0.2, 0.25) is 10.0 Å². The summed E-state index contributed by atoms with van der Waals surface area (Å²) in [6.07, 6.45) is 0. The fourth-order valence-electron chi connectivity index (χ4n) is 1.97. The maximum absolute atomic E-state index is 12.1. The fourth-order valence-corrected chi connectivity index (χ4v) is 2.96. The third-order valence-electron chi connectivity index (χ3n) is 3.27. The number of ether oxygens (including phenoxy) is 1. The lowest BCUT2D eigenvalue weighted by atomic mass is 9.91. The summed E-state index contributed by atoms with van der Waals surface area (Å²) in [4.78, 5) is 12.1. The van der Waals surface area contributed by atoms with Gasteiger partial charge in [-0.25, -0.2) is 0 Å². The van der Waals surface area contributed by atoms with Gasteiger partial charge in [-0.05, 0) is 23.3 Å². The Balaban J connectivity index is 2.30. The van der Waals surface area contributed by atoms with Crippen molar-refractivity contribution in [2.24, 2.45) is 5.41 Å². The average molecular weight is 372 g/mol. The molecule has 0 aliphatic carbocycles. The molecule has 0 aliphatic heterocycles. The first-order chi connectivity index (χ1) is 10.7. The number of carbonyl (C=O) groups excluding carboxylic acids is 1. The number of Topliss-reactive ketones (excluding diaryl/α,β-unsaturated/α-hetero) is 1. The minimum absolute atomic E-state index is 0.214. The SMILES string of the molecule is CC(C)(C)C(=O)C(Cl)Oc1c(Cl)cc(-c2ccccc2)cc1Cl. The molecule has 0 bridgehead atoms. The lowest BCUT2D eigenvalue weighted by Crippen LogP contribution is -2.32. The zero-order valence-electron chi connectivity index (χ0n) is 13.1. The second-order valence-electron chi connectivity index (χ2n) is 6.18. The van der Waals surface area contributed by atoms with E-state index in [0.29, 0.717) is 10.0 Å². The molecule has 1 unspecified atom stereocenters. The first-order valence-electron chi connectivity index (χ1n) is 7.09. The van der Waals surface area contributed by atoms with E-state index in [1.54, 1.807) is 32.9 Å². The van der Waals surface area contributed by atoms with Crippen molar-refractivity contribution < 1.29 is 9.53 Å². The molecular formula is C18H17Cl3O2. The highest BCUT2D eigenvalue weighted by atomic mass is 35.5. The van der Waals surface area contributed by atoms with Gasteiger partial charge < -0.3 is 4.74 Å². The number of benzene rings is 2. The van der Waals surface area contributed by atoms with Crippen molar-refractivity contribution in [2.75, 3.05) is 0 Å². The molecule has 23 heavy (non-hydrogen) atoms. The second kappa shape index (κ2) is 7.12. The third-order valence-corrected chi connectivity index (χ3v) is 4.12. The van der Waals surface area contributed by atoms with Crippen molar-refractivity contribution in [1.82, 2.24) is 0 Å². The molecule has 5 heteroatoms. The van der Waals surface area contributed by atoms with Gasteiger partial charge in [-0.2, -0.15) is 0 Å². The molecule has 0 radical (unpaired) electrons. The molecule has 122 valence electrons. The van der Waals surface area contributed by atoms with Crippen molar-refractivity contribution in [1.29, 1.82) is 0 Å². The lowest BCUT2D eigenvalue weighted by molar-refractivity contribution is -0.130. The first-order valence-corrected chi connectivity index (χ1v) is 8.29. The maximum Gasteiger partial charge on any atom is 0.230 e. The van der Waals surface area contributed by atoms with Crippen LogP contribution in [-0.2, 0) is 4.79 Å². The van der Waals surface area contributed by atoms with Gasteiger partial charge in [0.25, 0.3) is 0 Å². The summed E-state index contributed by atoms with van der Waals surface area (Å²) in [5.74, 6) is -0.0240. The van der Waals surface area contributed by atoms with Gasteiger partial charge in [-0.15, -0.1) is 0 Å². The fraction of sp³-hybridized carbons (Fsp3) is 0.278. The molecule has 2 aromatic carbocycles. The van der Waals surface area contributed by atoms with Crippen LogP contribution in [0, 0.1) is 5.41 Å². The summed E-state index contributed by atoms with van der Waals surface area (Å²) in [5, 5.41) is 0.618. The highest BCUT2D eigenvalue weighted by Crippen LogP contribution is 2.39. The van der Waals surface area contributed by atoms with Crippen LogP contribution in [0.5, 0.6) is 5.75 Å². The lowest BCUT2D eigenvalue weighted by Gasteiger charge is -2.22. The first kappa shape index (κ1) is 18.1. The van der Waals surface area contributed by atoms with Crippen molar-refractivity contribution >= 4 is 40.6 Å². The topological polar surface area (TPSA) is 26.3 Å². The van der Waals surface area contributed by atoms with Gasteiger partial charge in [0.1, 0.15) is 0 Å². The van der Waals surface area contributed by atoms with Crippen LogP contribution in [0.4, 0.5) is 0 Å². The summed E-state index contributed by atoms with van der Waals surface area (Å²) in [6, 6.07) is 13.2. The highest BCUT2D eigenvalue weighted by molar-refractivity contribution is 6.38. The van der Waals surface area contributed by atoms with E-state index in [0.717, 1.165) is 11.1 Å². The molecule has 2 rings (SSSR count). The van der Waals surface area contributed by atoms with Crippen LogP contribution in [-0.4, -0.2) is 11.3 Å². The number of halogens is 3. The zero-order valence-corrected chi connectivity index (χ0v) is 15.3. The molecule has 0 N–H and O–H groups in total. The van der Waals surface area contributed by atoms with Crippen LogP contribution in [0.15, 0.2) is 42.5 Å². The third kappa shape index (κ3) is 4.41. The summed E-state index contributed by atoms with van der Waals surface area (Å²) in [7, 11) is 0. The molecule has 0 saturated heterocycles. The number of hydrogen-bond acceptors (Lipinski definition) is 2. The summed E-state index contributed by atoms with van der Waals surface area (Å²) in [5.41, 5.74) is 0.0832. The standard InChI is InChI=1S/C18H17Cl3O2/c1-18(2,3)16(22)17(21)23-15-13(19)9-12(10-14(15)20)11-7-5-4-6-8-11/h4-10,17H,1-3H3. The van der Waals surface area contributed by atoms with Gasteiger partial charge in [0.15, 0.2) is 11.5 Å². The number of alkyl halides is 1. The zero-order chi connectivity index (χ0) is 17.2. The number of carbonyl (C=O) groups is 1. The Morgan fingerprint density at radius 1 is 1.00 bits per heavy atom. The van der Waals surface area contributed by atoms with E-state index in [1.165, 1.54) is 0 Å². The monoisotopic (exact) mass is 370 g/mol. The minimum atomic E-state index is -1.15. The number of ketones is 1. The predicted molar refractivity (Wildman–Crippen MR) is 96.6 cm³/mol. The van der Waals surface area contributed by atoms with Crippen LogP contribution in [0.1, 0.15) is 20.8 Å². The Labute approximate surface area is 151 Å². The minimum Gasteiger partial charge on any atom is -0.464 e. The van der Waals surface area contributed by atoms with Crippen molar-refractivity contribution in [3.05, 3.63) is 52.5 Å². The van der Waals surface area contributed by atoms with Gasteiger partial charge in [0.2, 0.25) is 5.56 Å². The molecule has 1 atom stereocenters. The van der Waals surface area contributed by atoms with Gasteiger partial charge in [-0.1, -0.05) is 85.9 Å². The molecule has 2 aromatic rings. The molecule has 0 amide bonds. The van der Waals surface area contributed by atoms with Crippen LogP contribution >= 0.6 is 34.8 Å². The number of rotatable bonds is 4.